The van der Waals surface area contributed by atoms with Crippen molar-refractivity contribution in [2.75, 3.05) is 25.0 Å². The van der Waals surface area contributed by atoms with Crippen molar-refractivity contribution in [2.45, 2.75) is 38.7 Å². The molecule has 1 aliphatic rings. The molecule has 0 atom stereocenters. The van der Waals surface area contributed by atoms with Crippen LogP contribution in [0, 0.1) is 0 Å². The van der Waals surface area contributed by atoms with Crippen molar-refractivity contribution in [2.24, 2.45) is 0 Å². The fourth-order valence-corrected chi connectivity index (χ4v) is 2.46. The first-order valence-corrected chi connectivity index (χ1v) is 7.52. The number of nitrogens with one attached hydrogen (secondary N) is 1. The lowest BCUT2D eigenvalue weighted by atomic mass is 10.1. The number of hydrogen-bond donors (Lipinski definition) is 2. The van der Waals surface area contributed by atoms with Gasteiger partial charge in [-0.3, -0.25) is 4.79 Å². The summed E-state index contributed by atoms with van der Waals surface area (Å²) in [7, 11) is 0. The highest BCUT2D eigenvalue weighted by Gasteiger charge is 2.23. The van der Waals surface area contributed by atoms with E-state index in [2.05, 4.69) is 12.2 Å². The van der Waals surface area contributed by atoms with Crippen molar-refractivity contribution in [1.82, 2.24) is 4.90 Å². The average molecular weight is 276 g/mol. The highest BCUT2D eigenvalue weighted by atomic mass is 16.3. The maximum Gasteiger partial charge on any atom is 0.255 e. The van der Waals surface area contributed by atoms with Crippen molar-refractivity contribution in [3.05, 3.63) is 29.8 Å². The summed E-state index contributed by atoms with van der Waals surface area (Å²) in [6.45, 7) is 4.32. The zero-order chi connectivity index (χ0) is 14.4. The van der Waals surface area contributed by atoms with E-state index in [0.717, 1.165) is 30.6 Å². The normalized spacial score (nSPS) is 16.2. The van der Waals surface area contributed by atoms with Gasteiger partial charge in [-0.15, -0.1) is 0 Å². The second kappa shape index (κ2) is 7.29. The van der Waals surface area contributed by atoms with Crippen LogP contribution in [0.15, 0.2) is 24.3 Å². The molecule has 0 aliphatic carbocycles. The Hall–Kier alpha value is -1.55. The number of hydrogen-bond acceptors (Lipinski definition) is 3. The molecule has 0 unspecified atom stereocenters. The molecule has 4 nitrogen and oxygen atoms in total. The molecule has 110 valence electrons. The van der Waals surface area contributed by atoms with E-state index in [-0.39, 0.29) is 12.0 Å². The van der Waals surface area contributed by atoms with Gasteiger partial charge >= 0.3 is 0 Å². The average Bonchev–Trinajstić information content (AvgIpc) is 2.48. The number of carbonyl (C=O) groups is 1. The summed E-state index contributed by atoms with van der Waals surface area (Å²) in [6.07, 6.45) is 3.33. The third-order valence-electron chi connectivity index (χ3n) is 3.75. The summed E-state index contributed by atoms with van der Waals surface area (Å²) in [6, 6.07) is 7.69. The molecule has 0 spiro atoms. The molecule has 1 saturated heterocycles. The van der Waals surface area contributed by atoms with Crippen molar-refractivity contribution < 1.29 is 9.90 Å². The van der Waals surface area contributed by atoms with E-state index in [1.807, 2.05) is 29.2 Å². The Morgan fingerprint density at radius 2 is 2.05 bits per heavy atom. The zero-order valence-corrected chi connectivity index (χ0v) is 12.1. The van der Waals surface area contributed by atoms with E-state index >= 15 is 0 Å². The van der Waals surface area contributed by atoms with E-state index < -0.39 is 0 Å². The van der Waals surface area contributed by atoms with Gasteiger partial charge in [0.05, 0.1) is 11.7 Å². The maximum atomic E-state index is 12.6. The minimum atomic E-state index is -0.253. The molecule has 2 N–H and O–H groups in total. The molecule has 0 aromatic heterocycles. The Balaban J connectivity index is 2.05. The minimum absolute atomic E-state index is 0.0662. The number of aliphatic hydroxyl groups is 1. The maximum absolute atomic E-state index is 12.6. The summed E-state index contributed by atoms with van der Waals surface area (Å²) in [4.78, 5) is 14.4. The summed E-state index contributed by atoms with van der Waals surface area (Å²) in [5.74, 6) is 0.0662. The second-order valence-corrected chi connectivity index (χ2v) is 5.35. The largest absolute Gasteiger partial charge is 0.393 e. The van der Waals surface area contributed by atoms with Crippen LogP contribution in [-0.4, -0.2) is 41.7 Å². The van der Waals surface area contributed by atoms with Crippen LogP contribution < -0.4 is 5.32 Å². The number of amides is 1. The Morgan fingerprint density at radius 1 is 1.35 bits per heavy atom. The first-order chi connectivity index (χ1) is 9.72. The molecule has 1 aromatic carbocycles. The number of benzene rings is 1. The van der Waals surface area contributed by atoms with Crippen molar-refractivity contribution in [3.8, 4) is 0 Å². The molecule has 4 heteroatoms. The number of likely N-dealkylation sites (tertiary alicyclic amines) is 1. The Labute approximate surface area is 120 Å². The Kier molecular flexibility index (Phi) is 5.41. The highest BCUT2D eigenvalue weighted by molar-refractivity contribution is 5.99. The number of nitrogens with zero attached hydrogens (tertiary/aromatic N) is 1. The molecule has 2 rings (SSSR count). The van der Waals surface area contributed by atoms with Gasteiger partial charge in [-0.25, -0.2) is 0 Å². The van der Waals surface area contributed by atoms with Gasteiger partial charge in [-0.2, -0.15) is 0 Å². The van der Waals surface area contributed by atoms with Gasteiger partial charge in [-0.1, -0.05) is 25.5 Å². The van der Waals surface area contributed by atoms with Gasteiger partial charge in [0.25, 0.3) is 5.91 Å². The van der Waals surface area contributed by atoms with E-state index in [4.69, 9.17) is 0 Å². The second-order valence-electron chi connectivity index (χ2n) is 5.35. The SMILES string of the molecule is CCCCNc1ccccc1C(=O)N1CCC(O)CC1. The molecule has 1 heterocycles. The minimum Gasteiger partial charge on any atom is -0.393 e. The summed E-state index contributed by atoms with van der Waals surface area (Å²) in [5.41, 5.74) is 1.65. The van der Waals surface area contributed by atoms with E-state index in [1.165, 1.54) is 0 Å². The Morgan fingerprint density at radius 3 is 2.75 bits per heavy atom. The number of para-hydroxylation sites is 1. The third-order valence-corrected chi connectivity index (χ3v) is 3.75. The van der Waals surface area contributed by atoms with Crippen LogP contribution >= 0.6 is 0 Å². The van der Waals surface area contributed by atoms with E-state index in [1.54, 1.807) is 0 Å². The topological polar surface area (TPSA) is 52.6 Å². The number of piperidine rings is 1. The molecule has 1 amide bonds. The molecule has 1 aromatic rings. The number of rotatable bonds is 5. The first kappa shape index (κ1) is 14.9. The van der Waals surface area contributed by atoms with Gasteiger partial charge in [0.15, 0.2) is 0 Å². The third kappa shape index (κ3) is 3.73. The van der Waals surface area contributed by atoms with Crippen LogP contribution in [0.1, 0.15) is 43.0 Å². The predicted molar refractivity (Wildman–Crippen MR) is 81.0 cm³/mol. The predicted octanol–water partition coefficient (Wildman–Crippen LogP) is 2.50. The summed E-state index contributed by atoms with van der Waals surface area (Å²) >= 11 is 0. The molecule has 0 radical (unpaired) electrons. The number of unbranched alkanes of at least 4 members (excludes halogenated alkanes) is 1. The van der Waals surface area contributed by atoms with Gasteiger partial charge in [0.2, 0.25) is 0 Å². The lowest BCUT2D eigenvalue weighted by molar-refractivity contribution is 0.0547. The van der Waals surface area contributed by atoms with Gasteiger partial charge < -0.3 is 15.3 Å². The molecular weight excluding hydrogens is 252 g/mol. The highest BCUT2D eigenvalue weighted by Crippen LogP contribution is 2.20. The number of aliphatic hydroxyl groups excluding tert-OH is 1. The standard InChI is InChI=1S/C16H24N2O2/c1-2-3-10-17-15-7-5-4-6-14(15)16(20)18-11-8-13(19)9-12-18/h4-7,13,17,19H,2-3,8-12H2,1H3. The number of anilines is 1. The monoisotopic (exact) mass is 276 g/mol. The summed E-state index contributed by atoms with van der Waals surface area (Å²) in [5, 5.41) is 12.9. The van der Waals surface area contributed by atoms with Gasteiger partial charge in [-0.05, 0) is 31.4 Å². The smallest absolute Gasteiger partial charge is 0.255 e. The number of carbonyl (C=O) groups excluding carboxylic acids is 1. The van der Waals surface area contributed by atoms with Crippen LogP contribution in [0.2, 0.25) is 0 Å². The van der Waals surface area contributed by atoms with E-state index in [0.29, 0.717) is 25.9 Å². The molecule has 0 bridgehead atoms. The molecule has 1 aliphatic heterocycles. The van der Waals surface area contributed by atoms with Crippen LogP contribution in [0.25, 0.3) is 0 Å². The molecule has 1 fully saturated rings. The molecule has 20 heavy (non-hydrogen) atoms. The summed E-state index contributed by atoms with van der Waals surface area (Å²) < 4.78 is 0. The van der Waals surface area contributed by atoms with Crippen LogP contribution in [-0.2, 0) is 0 Å². The van der Waals surface area contributed by atoms with Crippen LogP contribution in [0.3, 0.4) is 0 Å². The van der Waals surface area contributed by atoms with E-state index in [9.17, 15) is 9.90 Å². The Bertz CT molecular complexity index is 440. The fourth-order valence-electron chi connectivity index (χ4n) is 2.46. The fraction of sp³-hybridized carbons (Fsp3) is 0.562. The van der Waals surface area contributed by atoms with Crippen molar-refractivity contribution in [3.63, 3.8) is 0 Å². The van der Waals surface area contributed by atoms with Crippen molar-refractivity contribution in [1.29, 1.82) is 0 Å². The lowest BCUT2D eigenvalue weighted by Gasteiger charge is -2.30. The van der Waals surface area contributed by atoms with Gasteiger partial charge in [0.1, 0.15) is 0 Å². The van der Waals surface area contributed by atoms with Crippen LogP contribution in [0.4, 0.5) is 5.69 Å². The lowest BCUT2D eigenvalue weighted by Crippen LogP contribution is -2.40. The quantitative estimate of drug-likeness (QED) is 0.812. The molecular formula is C16H24N2O2. The van der Waals surface area contributed by atoms with Crippen LogP contribution in [0.5, 0.6) is 0 Å². The van der Waals surface area contributed by atoms with Gasteiger partial charge in [0, 0.05) is 25.3 Å². The first-order valence-electron chi connectivity index (χ1n) is 7.52. The zero-order valence-electron chi connectivity index (χ0n) is 12.1. The van der Waals surface area contributed by atoms with Crippen molar-refractivity contribution >= 4 is 11.6 Å². The molecule has 0 saturated carbocycles.